The summed E-state index contributed by atoms with van der Waals surface area (Å²) in [5, 5.41) is 12.9. The smallest absolute Gasteiger partial charge is 0.321 e. The molecule has 2 fully saturated rings. The molecule has 0 amide bonds. The Kier molecular flexibility index (Phi) is 4.14. The summed E-state index contributed by atoms with van der Waals surface area (Å²) < 4.78 is 0. The van der Waals surface area contributed by atoms with E-state index in [1.807, 2.05) is 11.8 Å². The Labute approximate surface area is 101 Å². The maximum atomic E-state index is 10.9. The first kappa shape index (κ1) is 12.2. The minimum atomic E-state index is -0.693. The highest BCUT2D eigenvalue weighted by molar-refractivity contribution is 8.00. The molecule has 0 aromatic heterocycles. The lowest BCUT2D eigenvalue weighted by Crippen LogP contribution is -2.55. The van der Waals surface area contributed by atoms with Crippen molar-refractivity contribution in [1.29, 1.82) is 0 Å². The summed E-state index contributed by atoms with van der Waals surface area (Å²) >= 11 is 1.87. The van der Waals surface area contributed by atoms with Crippen LogP contribution in [0, 0.1) is 5.92 Å². The summed E-state index contributed by atoms with van der Waals surface area (Å²) in [6.45, 7) is 2.25. The molecule has 3 nitrogen and oxygen atoms in total. The van der Waals surface area contributed by atoms with E-state index in [9.17, 15) is 4.79 Å². The average Bonchev–Trinajstić information content (AvgIpc) is 2.28. The zero-order chi connectivity index (χ0) is 11.5. The Balaban J connectivity index is 1.87. The topological polar surface area (TPSA) is 49.3 Å². The Morgan fingerprint density at radius 3 is 3.00 bits per heavy atom. The van der Waals surface area contributed by atoms with Gasteiger partial charge in [-0.3, -0.25) is 10.1 Å². The van der Waals surface area contributed by atoms with Crippen LogP contribution in [0.3, 0.4) is 0 Å². The van der Waals surface area contributed by atoms with Crippen molar-refractivity contribution in [3.05, 3.63) is 0 Å². The molecule has 2 N–H and O–H groups in total. The van der Waals surface area contributed by atoms with E-state index >= 15 is 0 Å². The minimum Gasteiger partial charge on any atom is -0.480 e. The van der Waals surface area contributed by atoms with Crippen molar-refractivity contribution in [1.82, 2.24) is 5.32 Å². The third-order valence-electron chi connectivity index (χ3n) is 3.79. The summed E-state index contributed by atoms with van der Waals surface area (Å²) in [5.41, 5.74) is 0. The SMILES string of the molecule is CCCC1CCC2NC(C(=O)O)CSC2C1. The molecule has 4 unspecified atom stereocenters. The van der Waals surface area contributed by atoms with Gasteiger partial charge in [0.15, 0.2) is 0 Å². The highest BCUT2D eigenvalue weighted by atomic mass is 32.2. The largest absolute Gasteiger partial charge is 0.480 e. The van der Waals surface area contributed by atoms with E-state index in [2.05, 4.69) is 12.2 Å². The van der Waals surface area contributed by atoms with Crippen LogP contribution in [-0.4, -0.2) is 34.2 Å². The summed E-state index contributed by atoms with van der Waals surface area (Å²) in [6.07, 6.45) is 6.33. The van der Waals surface area contributed by atoms with Crippen molar-refractivity contribution < 1.29 is 9.90 Å². The molecule has 0 spiro atoms. The molecule has 1 aliphatic heterocycles. The Hall–Kier alpha value is -0.220. The summed E-state index contributed by atoms with van der Waals surface area (Å²) in [7, 11) is 0. The summed E-state index contributed by atoms with van der Waals surface area (Å²) in [4.78, 5) is 10.9. The standard InChI is InChI=1S/C12H21NO2S/c1-2-3-8-4-5-9-11(6-8)16-7-10(13-9)12(14)15/h8-11,13H,2-7H2,1H3,(H,14,15). The second kappa shape index (κ2) is 5.41. The van der Waals surface area contributed by atoms with Crippen molar-refractivity contribution >= 4 is 17.7 Å². The van der Waals surface area contributed by atoms with Crippen molar-refractivity contribution in [3.8, 4) is 0 Å². The van der Waals surface area contributed by atoms with Gasteiger partial charge in [-0.05, 0) is 25.2 Å². The van der Waals surface area contributed by atoms with Gasteiger partial charge in [0.05, 0.1) is 0 Å². The number of hydrogen-bond donors (Lipinski definition) is 2. The van der Waals surface area contributed by atoms with E-state index < -0.39 is 5.97 Å². The Morgan fingerprint density at radius 1 is 1.50 bits per heavy atom. The van der Waals surface area contributed by atoms with Gasteiger partial charge in [0.25, 0.3) is 0 Å². The van der Waals surface area contributed by atoms with E-state index in [1.165, 1.54) is 25.7 Å². The number of carboxylic acids is 1. The average molecular weight is 243 g/mol. The molecular formula is C12H21NO2S. The highest BCUT2D eigenvalue weighted by Crippen LogP contribution is 2.37. The lowest BCUT2D eigenvalue weighted by molar-refractivity contribution is -0.139. The lowest BCUT2D eigenvalue weighted by atomic mass is 9.83. The van der Waals surface area contributed by atoms with Gasteiger partial charge in [0, 0.05) is 17.0 Å². The van der Waals surface area contributed by atoms with Gasteiger partial charge in [-0.15, -0.1) is 0 Å². The van der Waals surface area contributed by atoms with Gasteiger partial charge in [0.1, 0.15) is 6.04 Å². The number of thioether (sulfide) groups is 1. The minimum absolute atomic E-state index is 0.325. The Bertz CT molecular complexity index is 259. The third kappa shape index (κ3) is 2.72. The molecule has 16 heavy (non-hydrogen) atoms. The maximum absolute atomic E-state index is 10.9. The number of hydrogen-bond acceptors (Lipinski definition) is 3. The number of carboxylic acid groups (broad SMARTS) is 1. The van der Waals surface area contributed by atoms with E-state index in [0.717, 1.165) is 18.1 Å². The predicted molar refractivity (Wildman–Crippen MR) is 66.8 cm³/mol. The quantitative estimate of drug-likeness (QED) is 0.797. The van der Waals surface area contributed by atoms with Gasteiger partial charge in [0.2, 0.25) is 0 Å². The maximum Gasteiger partial charge on any atom is 0.321 e. The monoisotopic (exact) mass is 243 g/mol. The van der Waals surface area contributed by atoms with Gasteiger partial charge >= 0.3 is 5.97 Å². The van der Waals surface area contributed by atoms with Crippen LogP contribution < -0.4 is 5.32 Å². The molecule has 2 aliphatic rings. The van der Waals surface area contributed by atoms with Crippen molar-refractivity contribution in [3.63, 3.8) is 0 Å². The molecule has 0 radical (unpaired) electrons. The highest BCUT2D eigenvalue weighted by Gasteiger charge is 2.37. The van der Waals surface area contributed by atoms with Crippen molar-refractivity contribution in [2.24, 2.45) is 5.92 Å². The van der Waals surface area contributed by atoms with E-state index in [1.54, 1.807) is 0 Å². The molecule has 1 aliphatic carbocycles. The first-order valence-corrected chi connectivity index (χ1v) is 7.36. The van der Waals surface area contributed by atoms with E-state index in [4.69, 9.17) is 5.11 Å². The normalized spacial score (nSPS) is 39.1. The number of nitrogens with one attached hydrogen (secondary N) is 1. The number of aliphatic carboxylic acids is 1. The number of rotatable bonds is 3. The van der Waals surface area contributed by atoms with Gasteiger partial charge in [-0.2, -0.15) is 11.8 Å². The Morgan fingerprint density at radius 2 is 2.31 bits per heavy atom. The van der Waals surface area contributed by atoms with Crippen molar-refractivity contribution in [2.45, 2.75) is 56.4 Å². The zero-order valence-electron chi connectivity index (χ0n) is 9.82. The second-order valence-corrected chi connectivity index (χ2v) is 6.28. The first-order chi connectivity index (χ1) is 7.70. The second-order valence-electron chi connectivity index (χ2n) is 5.00. The van der Waals surface area contributed by atoms with Crippen molar-refractivity contribution in [2.75, 3.05) is 5.75 Å². The molecule has 4 heteroatoms. The molecule has 1 saturated carbocycles. The van der Waals surface area contributed by atoms with Crippen LogP contribution in [0.1, 0.15) is 39.0 Å². The van der Waals surface area contributed by atoms with Crippen LogP contribution in [0.4, 0.5) is 0 Å². The fourth-order valence-electron chi connectivity index (χ4n) is 2.93. The van der Waals surface area contributed by atoms with E-state index in [0.29, 0.717) is 11.3 Å². The number of fused-ring (bicyclic) bond motifs is 1. The van der Waals surface area contributed by atoms with Crippen LogP contribution in [0.5, 0.6) is 0 Å². The third-order valence-corrected chi connectivity index (χ3v) is 5.26. The van der Waals surface area contributed by atoms with Crippen LogP contribution in [0.2, 0.25) is 0 Å². The molecule has 4 atom stereocenters. The van der Waals surface area contributed by atoms with E-state index in [-0.39, 0.29) is 6.04 Å². The van der Waals surface area contributed by atoms with Crippen LogP contribution in [-0.2, 0) is 4.79 Å². The van der Waals surface area contributed by atoms with Gasteiger partial charge in [-0.1, -0.05) is 19.8 Å². The summed E-state index contributed by atoms with van der Waals surface area (Å²) in [6, 6.07) is 0.113. The predicted octanol–water partition coefficient (Wildman–Crippen LogP) is 2.11. The fourth-order valence-corrected chi connectivity index (χ4v) is 4.46. The lowest BCUT2D eigenvalue weighted by Gasteiger charge is -2.41. The fraction of sp³-hybridized carbons (Fsp3) is 0.917. The molecule has 2 rings (SSSR count). The van der Waals surface area contributed by atoms with Crippen LogP contribution in [0.15, 0.2) is 0 Å². The summed E-state index contributed by atoms with van der Waals surface area (Å²) in [5.74, 6) is 0.915. The van der Waals surface area contributed by atoms with Crippen LogP contribution in [0.25, 0.3) is 0 Å². The molecular weight excluding hydrogens is 222 g/mol. The van der Waals surface area contributed by atoms with Gasteiger partial charge in [-0.25, -0.2) is 0 Å². The molecule has 0 bridgehead atoms. The molecule has 1 saturated heterocycles. The molecule has 1 heterocycles. The number of carbonyl (C=O) groups is 1. The molecule has 92 valence electrons. The van der Waals surface area contributed by atoms with Gasteiger partial charge < -0.3 is 5.11 Å². The zero-order valence-corrected chi connectivity index (χ0v) is 10.6. The molecule has 0 aromatic rings. The first-order valence-electron chi connectivity index (χ1n) is 6.31. The molecule has 0 aromatic carbocycles. The van der Waals surface area contributed by atoms with Crippen LogP contribution >= 0.6 is 11.8 Å².